The van der Waals surface area contributed by atoms with Crippen molar-refractivity contribution in [2.24, 2.45) is 5.92 Å². The SMILES string of the molecule is O=C(O)[C@@H]1CCN2CCCC12. The van der Waals surface area contributed by atoms with Crippen LogP contribution in [0.5, 0.6) is 0 Å². The molecule has 0 aliphatic carbocycles. The number of rotatable bonds is 1. The third-order valence-corrected chi connectivity index (χ3v) is 2.92. The van der Waals surface area contributed by atoms with Crippen molar-refractivity contribution in [2.75, 3.05) is 13.1 Å². The molecule has 1 N–H and O–H groups in total. The van der Waals surface area contributed by atoms with Gasteiger partial charge in [-0.15, -0.1) is 0 Å². The van der Waals surface area contributed by atoms with E-state index in [0.29, 0.717) is 6.04 Å². The van der Waals surface area contributed by atoms with E-state index in [2.05, 4.69) is 4.90 Å². The van der Waals surface area contributed by atoms with E-state index in [1.165, 1.54) is 6.42 Å². The Labute approximate surface area is 66.0 Å². The standard InChI is InChI=1S/C8H13NO2/c10-8(11)6-3-5-9-4-1-2-7(6)9/h6-7H,1-5H2,(H,10,11)/t6-,7?/m1/s1. The zero-order valence-corrected chi connectivity index (χ0v) is 6.49. The second-order valence-electron chi connectivity index (χ2n) is 3.48. The zero-order chi connectivity index (χ0) is 7.84. The summed E-state index contributed by atoms with van der Waals surface area (Å²) >= 11 is 0. The first-order valence-electron chi connectivity index (χ1n) is 4.26. The zero-order valence-electron chi connectivity index (χ0n) is 6.49. The van der Waals surface area contributed by atoms with Gasteiger partial charge in [-0.1, -0.05) is 0 Å². The second kappa shape index (κ2) is 2.48. The monoisotopic (exact) mass is 155 g/mol. The molecule has 0 bridgehead atoms. The summed E-state index contributed by atoms with van der Waals surface area (Å²) in [6.07, 6.45) is 3.14. The molecule has 0 aromatic heterocycles. The smallest absolute Gasteiger partial charge is 0.308 e. The maximum absolute atomic E-state index is 10.7. The average Bonchev–Trinajstić information content (AvgIpc) is 2.41. The van der Waals surface area contributed by atoms with Gasteiger partial charge in [0.25, 0.3) is 0 Å². The van der Waals surface area contributed by atoms with Crippen molar-refractivity contribution in [1.29, 1.82) is 0 Å². The number of hydrogen-bond donors (Lipinski definition) is 1. The first-order chi connectivity index (χ1) is 5.29. The van der Waals surface area contributed by atoms with Gasteiger partial charge in [-0.2, -0.15) is 0 Å². The first kappa shape index (κ1) is 7.10. The lowest BCUT2D eigenvalue weighted by molar-refractivity contribution is -0.142. The summed E-state index contributed by atoms with van der Waals surface area (Å²) in [7, 11) is 0. The van der Waals surface area contributed by atoms with E-state index in [1.807, 2.05) is 0 Å². The Morgan fingerprint density at radius 1 is 1.36 bits per heavy atom. The highest BCUT2D eigenvalue weighted by Crippen LogP contribution is 2.32. The summed E-state index contributed by atoms with van der Waals surface area (Å²) in [5.41, 5.74) is 0. The summed E-state index contributed by atoms with van der Waals surface area (Å²) in [4.78, 5) is 13.0. The van der Waals surface area contributed by atoms with Crippen LogP contribution in [0.1, 0.15) is 19.3 Å². The predicted octanol–water partition coefficient (Wildman–Crippen LogP) is 0.555. The Balaban J connectivity index is 2.08. The molecular formula is C8H13NO2. The molecule has 2 saturated heterocycles. The molecule has 2 aliphatic heterocycles. The van der Waals surface area contributed by atoms with Crippen molar-refractivity contribution in [3.05, 3.63) is 0 Å². The fourth-order valence-electron chi connectivity index (χ4n) is 2.37. The van der Waals surface area contributed by atoms with Crippen molar-refractivity contribution in [3.8, 4) is 0 Å². The number of carboxylic acid groups (broad SMARTS) is 1. The van der Waals surface area contributed by atoms with Crippen molar-refractivity contribution < 1.29 is 9.90 Å². The molecule has 2 rings (SSSR count). The third-order valence-electron chi connectivity index (χ3n) is 2.92. The molecule has 2 heterocycles. The second-order valence-corrected chi connectivity index (χ2v) is 3.48. The fraction of sp³-hybridized carbons (Fsp3) is 0.875. The number of fused-ring (bicyclic) bond motifs is 1. The van der Waals surface area contributed by atoms with Gasteiger partial charge in [0, 0.05) is 6.04 Å². The molecule has 0 aromatic carbocycles. The molecule has 3 nitrogen and oxygen atoms in total. The van der Waals surface area contributed by atoms with Crippen LogP contribution in [0.4, 0.5) is 0 Å². The van der Waals surface area contributed by atoms with Gasteiger partial charge in [0.1, 0.15) is 0 Å². The molecule has 11 heavy (non-hydrogen) atoms. The number of carboxylic acids is 1. The molecule has 2 aliphatic rings. The summed E-state index contributed by atoms with van der Waals surface area (Å²) in [6.45, 7) is 2.12. The molecule has 0 spiro atoms. The van der Waals surface area contributed by atoms with Gasteiger partial charge in [-0.25, -0.2) is 0 Å². The van der Waals surface area contributed by atoms with Gasteiger partial charge >= 0.3 is 5.97 Å². The Morgan fingerprint density at radius 3 is 2.91 bits per heavy atom. The largest absolute Gasteiger partial charge is 0.481 e. The fourth-order valence-corrected chi connectivity index (χ4v) is 2.37. The number of aliphatic carboxylic acids is 1. The Hall–Kier alpha value is -0.570. The number of carbonyl (C=O) groups is 1. The van der Waals surface area contributed by atoms with Gasteiger partial charge in [0.15, 0.2) is 0 Å². The highest BCUT2D eigenvalue weighted by Gasteiger charge is 2.40. The molecule has 0 radical (unpaired) electrons. The van der Waals surface area contributed by atoms with Gasteiger partial charge in [0.05, 0.1) is 5.92 Å². The quantitative estimate of drug-likeness (QED) is 0.601. The molecule has 3 heteroatoms. The number of nitrogens with zero attached hydrogens (tertiary/aromatic N) is 1. The van der Waals surface area contributed by atoms with Gasteiger partial charge in [-0.05, 0) is 32.4 Å². The summed E-state index contributed by atoms with van der Waals surface area (Å²) in [6, 6.07) is 0.368. The highest BCUT2D eigenvalue weighted by molar-refractivity contribution is 5.71. The topological polar surface area (TPSA) is 40.5 Å². The third kappa shape index (κ3) is 1.03. The lowest BCUT2D eigenvalue weighted by Gasteiger charge is -2.16. The van der Waals surface area contributed by atoms with Crippen LogP contribution in [0.2, 0.25) is 0 Å². The van der Waals surface area contributed by atoms with Crippen molar-refractivity contribution in [3.63, 3.8) is 0 Å². The lowest BCUT2D eigenvalue weighted by Crippen LogP contribution is -2.29. The van der Waals surface area contributed by atoms with Crippen LogP contribution in [0.3, 0.4) is 0 Å². The molecule has 0 aromatic rings. The van der Waals surface area contributed by atoms with Crippen molar-refractivity contribution in [1.82, 2.24) is 4.90 Å². The van der Waals surface area contributed by atoms with E-state index in [4.69, 9.17) is 5.11 Å². The highest BCUT2D eigenvalue weighted by atomic mass is 16.4. The van der Waals surface area contributed by atoms with Crippen LogP contribution in [-0.2, 0) is 4.79 Å². The summed E-state index contributed by atoms with van der Waals surface area (Å²) in [5, 5.41) is 8.83. The molecule has 2 fully saturated rings. The Kier molecular flexibility index (Phi) is 1.60. The normalized spacial score (nSPS) is 37.5. The maximum atomic E-state index is 10.7. The molecule has 62 valence electrons. The van der Waals surface area contributed by atoms with Crippen molar-refractivity contribution in [2.45, 2.75) is 25.3 Å². The van der Waals surface area contributed by atoms with E-state index in [1.54, 1.807) is 0 Å². The van der Waals surface area contributed by atoms with Gasteiger partial charge < -0.3 is 5.11 Å². The minimum absolute atomic E-state index is 0.0718. The number of hydrogen-bond acceptors (Lipinski definition) is 2. The van der Waals surface area contributed by atoms with Crippen molar-refractivity contribution >= 4 is 5.97 Å². The van der Waals surface area contributed by atoms with Crippen LogP contribution >= 0.6 is 0 Å². The van der Waals surface area contributed by atoms with Crippen LogP contribution in [0, 0.1) is 5.92 Å². The van der Waals surface area contributed by atoms with Gasteiger partial charge in [0.2, 0.25) is 0 Å². The van der Waals surface area contributed by atoms with Crippen LogP contribution in [0.15, 0.2) is 0 Å². The summed E-state index contributed by atoms with van der Waals surface area (Å²) < 4.78 is 0. The van der Waals surface area contributed by atoms with Gasteiger partial charge in [-0.3, -0.25) is 9.69 Å². The van der Waals surface area contributed by atoms with E-state index < -0.39 is 5.97 Å². The lowest BCUT2D eigenvalue weighted by atomic mass is 9.99. The Bertz CT molecular complexity index is 181. The maximum Gasteiger partial charge on any atom is 0.308 e. The van der Waals surface area contributed by atoms with E-state index in [0.717, 1.165) is 25.9 Å². The Morgan fingerprint density at radius 2 is 2.18 bits per heavy atom. The average molecular weight is 155 g/mol. The van der Waals surface area contributed by atoms with E-state index in [-0.39, 0.29) is 5.92 Å². The minimum Gasteiger partial charge on any atom is -0.481 e. The molecular weight excluding hydrogens is 142 g/mol. The molecule has 0 saturated carbocycles. The summed E-state index contributed by atoms with van der Waals surface area (Å²) in [5.74, 6) is -0.670. The molecule has 1 unspecified atom stereocenters. The predicted molar refractivity (Wildman–Crippen MR) is 40.3 cm³/mol. The first-order valence-corrected chi connectivity index (χ1v) is 4.26. The van der Waals surface area contributed by atoms with E-state index >= 15 is 0 Å². The van der Waals surface area contributed by atoms with Crippen LogP contribution in [-0.4, -0.2) is 35.1 Å². The van der Waals surface area contributed by atoms with Crippen LogP contribution < -0.4 is 0 Å². The molecule has 0 amide bonds. The minimum atomic E-state index is -0.598. The van der Waals surface area contributed by atoms with E-state index in [9.17, 15) is 4.79 Å². The molecule has 2 atom stereocenters. The van der Waals surface area contributed by atoms with Crippen LogP contribution in [0.25, 0.3) is 0 Å².